The smallest absolute Gasteiger partial charge is 0.251 e. The molecule has 0 unspecified atom stereocenters. The van der Waals surface area contributed by atoms with E-state index in [1.165, 1.54) is 0 Å². The first-order chi connectivity index (χ1) is 15.7. The predicted octanol–water partition coefficient (Wildman–Crippen LogP) is 3.68. The van der Waals surface area contributed by atoms with Crippen molar-refractivity contribution >= 4 is 23.2 Å². The van der Waals surface area contributed by atoms with E-state index in [4.69, 9.17) is 13.9 Å². The molecule has 1 heterocycles. The summed E-state index contributed by atoms with van der Waals surface area (Å²) in [6.07, 6.45) is 1.56. The van der Waals surface area contributed by atoms with Gasteiger partial charge < -0.3 is 29.8 Å². The number of carbonyl (C=O) groups excluding carboxylic acids is 2. The fraction of sp³-hybridized carbons (Fsp3) is 0.250. The summed E-state index contributed by atoms with van der Waals surface area (Å²) in [6.45, 7) is 3.88. The maximum absolute atomic E-state index is 12.3. The number of ether oxygens (including phenoxy) is 2. The van der Waals surface area contributed by atoms with Gasteiger partial charge in [0, 0.05) is 17.9 Å². The van der Waals surface area contributed by atoms with Gasteiger partial charge in [0.25, 0.3) is 5.91 Å². The number of furan rings is 1. The molecule has 0 saturated heterocycles. The minimum atomic E-state index is -0.220. The van der Waals surface area contributed by atoms with Crippen LogP contribution in [0.2, 0.25) is 0 Å². The van der Waals surface area contributed by atoms with E-state index in [0.717, 1.165) is 5.69 Å². The molecule has 0 fully saturated rings. The Hall–Kier alpha value is -3.78. The molecule has 0 bridgehead atoms. The summed E-state index contributed by atoms with van der Waals surface area (Å²) < 4.78 is 16.2. The minimum Gasteiger partial charge on any atom is -0.489 e. The summed E-state index contributed by atoms with van der Waals surface area (Å²) >= 11 is 0. The number of nitrogens with one attached hydrogen (secondary N) is 3. The van der Waals surface area contributed by atoms with Crippen LogP contribution >= 0.6 is 0 Å². The maximum atomic E-state index is 12.3. The summed E-state index contributed by atoms with van der Waals surface area (Å²) in [7, 11) is 0. The third-order valence-corrected chi connectivity index (χ3v) is 4.45. The Morgan fingerprint density at radius 2 is 1.78 bits per heavy atom. The van der Waals surface area contributed by atoms with Crippen molar-refractivity contribution in [2.75, 3.05) is 37.0 Å². The molecular weight excluding hydrogens is 410 g/mol. The highest BCUT2D eigenvalue weighted by Gasteiger charge is 2.09. The molecule has 0 aliphatic rings. The molecule has 0 aliphatic heterocycles. The van der Waals surface area contributed by atoms with Gasteiger partial charge >= 0.3 is 0 Å². The van der Waals surface area contributed by atoms with Gasteiger partial charge in [-0.1, -0.05) is 12.1 Å². The second-order valence-electron chi connectivity index (χ2n) is 6.78. The summed E-state index contributed by atoms with van der Waals surface area (Å²) in [5.74, 6) is 0.895. The minimum absolute atomic E-state index is 0.0667. The van der Waals surface area contributed by atoms with E-state index in [-0.39, 0.29) is 18.4 Å². The van der Waals surface area contributed by atoms with Crippen LogP contribution in [-0.4, -0.2) is 38.2 Å². The van der Waals surface area contributed by atoms with Crippen LogP contribution in [0.3, 0.4) is 0 Å². The number of hydrogen-bond acceptors (Lipinski definition) is 6. The van der Waals surface area contributed by atoms with Gasteiger partial charge in [-0.2, -0.15) is 0 Å². The van der Waals surface area contributed by atoms with Crippen LogP contribution in [0.1, 0.15) is 23.0 Å². The van der Waals surface area contributed by atoms with Crippen LogP contribution < -0.4 is 20.7 Å². The highest BCUT2D eigenvalue weighted by Crippen LogP contribution is 2.23. The summed E-state index contributed by atoms with van der Waals surface area (Å²) in [6, 6.07) is 17.7. The van der Waals surface area contributed by atoms with Crippen LogP contribution in [-0.2, 0) is 16.1 Å². The lowest BCUT2D eigenvalue weighted by atomic mass is 10.2. The van der Waals surface area contributed by atoms with Gasteiger partial charge in [-0.3, -0.25) is 9.59 Å². The van der Waals surface area contributed by atoms with Gasteiger partial charge in [0.2, 0.25) is 5.91 Å². The second kappa shape index (κ2) is 12.2. The zero-order valence-electron chi connectivity index (χ0n) is 17.9. The second-order valence-corrected chi connectivity index (χ2v) is 6.78. The van der Waals surface area contributed by atoms with Crippen LogP contribution in [0.4, 0.5) is 11.4 Å². The van der Waals surface area contributed by atoms with Crippen molar-refractivity contribution in [3.8, 4) is 5.75 Å². The van der Waals surface area contributed by atoms with Gasteiger partial charge in [-0.15, -0.1) is 0 Å². The third-order valence-electron chi connectivity index (χ3n) is 4.45. The molecule has 3 N–H and O–H groups in total. The lowest BCUT2D eigenvalue weighted by molar-refractivity contribution is -0.114. The van der Waals surface area contributed by atoms with Crippen LogP contribution in [0.15, 0.2) is 71.3 Å². The highest BCUT2D eigenvalue weighted by molar-refractivity contribution is 5.96. The molecule has 8 heteroatoms. The molecule has 1 aromatic heterocycles. The fourth-order valence-corrected chi connectivity index (χ4v) is 2.86. The molecule has 0 atom stereocenters. The van der Waals surface area contributed by atoms with Crippen molar-refractivity contribution in [1.29, 1.82) is 0 Å². The zero-order valence-corrected chi connectivity index (χ0v) is 17.9. The Labute approximate surface area is 186 Å². The van der Waals surface area contributed by atoms with E-state index >= 15 is 0 Å². The maximum Gasteiger partial charge on any atom is 0.251 e. The van der Waals surface area contributed by atoms with Gasteiger partial charge in [0.05, 0.1) is 31.6 Å². The number of para-hydroxylation sites is 2. The molecule has 3 aromatic rings. The number of amides is 2. The molecule has 0 saturated carbocycles. The third kappa shape index (κ3) is 7.17. The topological polar surface area (TPSA) is 102 Å². The van der Waals surface area contributed by atoms with Crippen LogP contribution in [0.25, 0.3) is 0 Å². The number of carbonyl (C=O) groups is 2. The van der Waals surface area contributed by atoms with Crippen molar-refractivity contribution in [2.45, 2.75) is 13.5 Å². The number of anilines is 2. The van der Waals surface area contributed by atoms with Crippen LogP contribution in [0, 0.1) is 0 Å². The van der Waals surface area contributed by atoms with E-state index in [2.05, 4.69) is 16.0 Å². The Balaban J connectivity index is 1.45. The quantitative estimate of drug-likeness (QED) is 0.374. The van der Waals surface area contributed by atoms with Gasteiger partial charge in [0.15, 0.2) is 0 Å². The molecule has 0 radical (unpaired) electrons. The molecule has 0 spiro atoms. The molecule has 3 rings (SSSR count). The Morgan fingerprint density at radius 1 is 0.969 bits per heavy atom. The Kier molecular flexibility index (Phi) is 8.70. The average molecular weight is 437 g/mol. The van der Waals surface area contributed by atoms with Gasteiger partial charge in [-0.25, -0.2) is 0 Å². The van der Waals surface area contributed by atoms with Crippen molar-refractivity contribution in [3.63, 3.8) is 0 Å². The summed E-state index contributed by atoms with van der Waals surface area (Å²) in [5, 5.41) is 8.66. The number of hydrogen-bond donors (Lipinski definition) is 3. The average Bonchev–Trinajstić information content (AvgIpc) is 3.34. The Bertz CT molecular complexity index is 987. The van der Waals surface area contributed by atoms with Gasteiger partial charge in [0.1, 0.15) is 18.1 Å². The summed E-state index contributed by atoms with van der Waals surface area (Å²) in [5.41, 5.74) is 1.81. The highest BCUT2D eigenvalue weighted by atomic mass is 16.5. The van der Waals surface area contributed by atoms with Crippen molar-refractivity contribution < 1.29 is 23.5 Å². The largest absolute Gasteiger partial charge is 0.489 e. The molecule has 32 heavy (non-hydrogen) atoms. The van der Waals surface area contributed by atoms with E-state index in [1.807, 2.05) is 31.2 Å². The SMILES string of the molecule is CCOCCOc1ccccc1NCC(=O)Nc1ccc(C(=O)NCc2ccco2)cc1. The van der Waals surface area contributed by atoms with Gasteiger partial charge in [-0.05, 0) is 55.5 Å². The molecule has 2 amide bonds. The lowest BCUT2D eigenvalue weighted by Gasteiger charge is -2.13. The van der Waals surface area contributed by atoms with E-state index in [0.29, 0.717) is 49.1 Å². The first kappa shape index (κ1) is 22.9. The number of benzene rings is 2. The molecule has 8 nitrogen and oxygen atoms in total. The van der Waals surface area contributed by atoms with Crippen molar-refractivity contribution in [3.05, 3.63) is 78.3 Å². The standard InChI is InChI=1S/C24H27N3O5/c1-2-30-14-15-32-22-8-4-3-7-21(22)25-17-23(28)27-19-11-9-18(10-12-19)24(29)26-16-20-6-5-13-31-20/h3-13,25H,2,14-17H2,1H3,(H,26,29)(H,27,28). The fourth-order valence-electron chi connectivity index (χ4n) is 2.86. The molecular formula is C24H27N3O5. The molecule has 0 aliphatic carbocycles. The Morgan fingerprint density at radius 3 is 2.53 bits per heavy atom. The summed E-state index contributed by atoms with van der Waals surface area (Å²) in [4.78, 5) is 24.5. The van der Waals surface area contributed by atoms with Crippen molar-refractivity contribution in [1.82, 2.24) is 5.32 Å². The predicted molar refractivity (Wildman–Crippen MR) is 122 cm³/mol. The first-order valence-electron chi connectivity index (χ1n) is 10.4. The molecule has 2 aromatic carbocycles. The van der Waals surface area contributed by atoms with Crippen molar-refractivity contribution in [2.24, 2.45) is 0 Å². The lowest BCUT2D eigenvalue weighted by Crippen LogP contribution is -2.23. The van der Waals surface area contributed by atoms with Crippen LogP contribution in [0.5, 0.6) is 5.75 Å². The monoisotopic (exact) mass is 437 g/mol. The number of rotatable bonds is 12. The zero-order chi connectivity index (χ0) is 22.6. The normalized spacial score (nSPS) is 10.4. The van der Waals surface area contributed by atoms with E-state index in [1.54, 1.807) is 42.7 Å². The first-order valence-corrected chi connectivity index (χ1v) is 10.4. The molecule has 168 valence electrons. The van der Waals surface area contributed by atoms with E-state index < -0.39 is 0 Å². The van der Waals surface area contributed by atoms with E-state index in [9.17, 15) is 9.59 Å².